The molecule has 1 amide bonds. The molecule has 30 heavy (non-hydrogen) atoms. The molecule has 0 fully saturated rings. The smallest absolute Gasteiger partial charge is 0.338 e. The number of hydrogen-bond donors (Lipinski definition) is 1. The zero-order valence-electron chi connectivity index (χ0n) is 16.8. The van der Waals surface area contributed by atoms with E-state index >= 15 is 0 Å². The normalized spacial score (nSPS) is 10.7. The molecule has 0 saturated carbocycles. The highest BCUT2D eigenvalue weighted by Gasteiger charge is 2.08. The van der Waals surface area contributed by atoms with Gasteiger partial charge >= 0.3 is 5.97 Å². The lowest BCUT2D eigenvalue weighted by Gasteiger charge is -2.04. The van der Waals surface area contributed by atoms with E-state index in [2.05, 4.69) is 10.5 Å². The minimum Gasteiger partial charge on any atom is -0.484 e. The van der Waals surface area contributed by atoms with Gasteiger partial charge in [0, 0.05) is 5.56 Å². The fraction of sp³-hybridized carbons (Fsp3) is 0.174. The Bertz CT molecular complexity index is 1020. The Balaban J connectivity index is 1.51. The first-order chi connectivity index (χ1) is 14.5. The van der Waals surface area contributed by atoms with Crippen LogP contribution in [-0.4, -0.2) is 31.3 Å². The van der Waals surface area contributed by atoms with Gasteiger partial charge in [0.2, 0.25) is 0 Å². The van der Waals surface area contributed by atoms with E-state index in [9.17, 15) is 9.59 Å². The summed E-state index contributed by atoms with van der Waals surface area (Å²) in [4.78, 5) is 23.5. The molecule has 0 bridgehead atoms. The van der Waals surface area contributed by atoms with Gasteiger partial charge in [-0.2, -0.15) is 5.10 Å². The summed E-state index contributed by atoms with van der Waals surface area (Å²) in [6, 6.07) is 17.8. The average molecular weight is 406 g/mol. The fourth-order valence-corrected chi connectivity index (χ4v) is 2.55. The Morgan fingerprint density at radius 1 is 1.03 bits per heavy atom. The van der Waals surface area contributed by atoms with Gasteiger partial charge in [-0.15, -0.1) is 0 Å². The van der Waals surface area contributed by atoms with Crippen LogP contribution in [0.1, 0.15) is 28.6 Å². The second kappa shape index (κ2) is 10.1. The number of aryl methyl sites for hydroxylation is 1. The quantitative estimate of drug-likeness (QED) is 0.347. The summed E-state index contributed by atoms with van der Waals surface area (Å²) in [5.74, 6) is 0.955. The van der Waals surface area contributed by atoms with Gasteiger partial charge in [-0.05, 0) is 50.2 Å². The van der Waals surface area contributed by atoms with Crippen molar-refractivity contribution < 1.29 is 23.5 Å². The Kier molecular flexibility index (Phi) is 7.00. The lowest BCUT2D eigenvalue weighted by molar-refractivity contribution is -0.123. The number of nitrogens with zero attached hydrogens (tertiary/aromatic N) is 1. The third-order valence-corrected chi connectivity index (χ3v) is 4.08. The zero-order chi connectivity index (χ0) is 21.3. The number of esters is 1. The number of nitrogens with one attached hydrogen (secondary N) is 1. The molecule has 7 heteroatoms. The first kappa shape index (κ1) is 20.9. The molecule has 0 saturated heterocycles. The Morgan fingerprint density at radius 3 is 2.47 bits per heavy atom. The topological polar surface area (TPSA) is 90.1 Å². The summed E-state index contributed by atoms with van der Waals surface area (Å²) in [6.45, 7) is 3.92. The van der Waals surface area contributed by atoms with Crippen molar-refractivity contribution in [3.05, 3.63) is 77.6 Å². The van der Waals surface area contributed by atoms with Crippen LogP contribution in [0.25, 0.3) is 11.3 Å². The highest BCUT2D eigenvalue weighted by molar-refractivity contribution is 5.90. The van der Waals surface area contributed by atoms with Gasteiger partial charge in [0.1, 0.15) is 17.3 Å². The van der Waals surface area contributed by atoms with Crippen molar-refractivity contribution in [2.24, 2.45) is 5.10 Å². The van der Waals surface area contributed by atoms with E-state index in [-0.39, 0.29) is 18.5 Å². The van der Waals surface area contributed by atoms with Gasteiger partial charge in [0.05, 0.1) is 18.4 Å². The number of ether oxygens (including phenoxy) is 2. The summed E-state index contributed by atoms with van der Waals surface area (Å²) < 4.78 is 16.0. The van der Waals surface area contributed by atoms with Gasteiger partial charge in [0.15, 0.2) is 6.61 Å². The van der Waals surface area contributed by atoms with E-state index in [1.165, 1.54) is 6.21 Å². The summed E-state index contributed by atoms with van der Waals surface area (Å²) in [7, 11) is 0. The van der Waals surface area contributed by atoms with Crippen molar-refractivity contribution in [3.63, 3.8) is 0 Å². The zero-order valence-corrected chi connectivity index (χ0v) is 16.8. The van der Waals surface area contributed by atoms with Crippen molar-refractivity contribution in [1.29, 1.82) is 0 Å². The van der Waals surface area contributed by atoms with Crippen LogP contribution < -0.4 is 10.2 Å². The SMILES string of the molecule is CCOC(=O)c1ccc(-c2ccc(/C=N/NC(=O)COc3ccc(C)cc3)o2)cc1. The molecule has 0 radical (unpaired) electrons. The number of rotatable bonds is 8. The maximum absolute atomic E-state index is 11.8. The van der Waals surface area contributed by atoms with Gasteiger partial charge in [-0.1, -0.05) is 29.8 Å². The number of carbonyl (C=O) groups excluding carboxylic acids is 2. The molecule has 3 rings (SSSR count). The largest absolute Gasteiger partial charge is 0.484 e. The van der Waals surface area contributed by atoms with Crippen LogP contribution in [0.4, 0.5) is 0 Å². The molecule has 1 aromatic heterocycles. The first-order valence-corrected chi connectivity index (χ1v) is 9.44. The molecular weight excluding hydrogens is 384 g/mol. The third-order valence-electron chi connectivity index (χ3n) is 4.08. The molecule has 1 heterocycles. The maximum atomic E-state index is 11.8. The predicted octanol–water partition coefficient (Wildman–Crippen LogP) is 3.96. The van der Waals surface area contributed by atoms with Crippen LogP contribution >= 0.6 is 0 Å². The van der Waals surface area contributed by atoms with Crippen LogP contribution in [-0.2, 0) is 9.53 Å². The molecule has 154 valence electrons. The first-order valence-electron chi connectivity index (χ1n) is 9.44. The Morgan fingerprint density at radius 2 is 1.77 bits per heavy atom. The fourth-order valence-electron chi connectivity index (χ4n) is 2.55. The van der Waals surface area contributed by atoms with Crippen LogP contribution in [0.5, 0.6) is 5.75 Å². The van der Waals surface area contributed by atoms with Crippen LogP contribution in [0.15, 0.2) is 70.2 Å². The highest BCUT2D eigenvalue weighted by atomic mass is 16.5. The maximum Gasteiger partial charge on any atom is 0.338 e. The summed E-state index contributed by atoms with van der Waals surface area (Å²) in [6.07, 6.45) is 1.40. The Labute approximate surface area is 174 Å². The van der Waals surface area contributed by atoms with E-state index < -0.39 is 0 Å². The monoisotopic (exact) mass is 406 g/mol. The molecule has 7 nitrogen and oxygen atoms in total. The second-order valence-corrected chi connectivity index (χ2v) is 6.39. The molecule has 0 spiro atoms. The Hall–Kier alpha value is -3.87. The van der Waals surface area contributed by atoms with E-state index in [1.54, 1.807) is 55.5 Å². The number of amides is 1. The lowest BCUT2D eigenvalue weighted by Crippen LogP contribution is -2.24. The number of hydrogen-bond acceptors (Lipinski definition) is 6. The van der Waals surface area contributed by atoms with E-state index in [1.807, 2.05) is 19.1 Å². The number of hydrazone groups is 1. The standard InChI is InChI=1S/C23H22N2O5/c1-3-28-23(27)18-8-6-17(7-9-18)21-13-12-20(30-21)14-24-25-22(26)15-29-19-10-4-16(2)5-11-19/h4-14H,3,15H2,1-2H3,(H,25,26)/b24-14+. The van der Waals surface area contributed by atoms with Gasteiger partial charge in [0.25, 0.3) is 5.91 Å². The van der Waals surface area contributed by atoms with Crippen molar-refractivity contribution >= 4 is 18.1 Å². The van der Waals surface area contributed by atoms with Gasteiger partial charge in [-0.3, -0.25) is 4.79 Å². The molecule has 0 unspecified atom stereocenters. The minimum absolute atomic E-state index is 0.142. The summed E-state index contributed by atoms with van der Waals surface area (Å²) in [5, 5.41) is 3.87. The van der Waals surface area contributed by atoms with Crippen molar-refractivity contribution in [2.75, 3.05) is 13.2 Å². The van der Waals surface area contributed by atoms with Crippen LogP contribution in [0.3, 0.4) is 0 Å². The molecule has 1 N–H and O–H groups in total. The van der Waals surface area contributed by atoms with Gasteiger partial charge < -0.3 is 13.9 Å². The average Bonchev–Trinajstić information content (AvgIpc) is 3.22. The molecule has 0 aliphatic heterocycles. The molecule has 3 aromatic rings. The minimum atomic E-state index is -0.381. The third kappa shape index (κ3) is 5.81. The molecule has 0 atom stereocenters. The van der Waals surface area contributed by atoms with Crippen molar-refractivity contribution in [3.8, 4) is 17.1 Å². The summed E-state index contributed by atoms with van der Waals surface area (Å²) in [5.41, 5.74) is 4.78. The van der Waals surface area contributed by atoms with E-state index in [0.717, 1.165) is 11.1 Å². The molecule has 0 aliphatic rings. The molecule has 2 aromatic carbocycles. The van der Waals surface area contributed by atoms with Crippen LogP contribution in [0.2, 0.25) is 0 Å². The summed E-state index contributed by atoms with van der Waals surface area (Å²) >= 11 is 0. The molecule has 0 aliphatic carbocycles. The van der Waals surface area contributed by atoms with E-state index in [0.29, 0.717) is 29.4 Å². The van der Waals surface area contributed by atoms with Crippen molar-refractivity contribution in [1.82, 2.24) is 5.43 Å². The highest BCUT2D eigenvalue weighted by Crippen LogP contribution is 2.22. The number of benzene rings is 2. The number of carbonyl (C=O) groups is 2. The van der Waals surface area contributed by atoms with Gasteiger partial charge in [-0.25, -0.2) is 10.2 Å². The van der Waals surface area contributed by atoms with Crippen molar-refractivity contribution in [2.45, 2.75) is 13.8 Å². The predicted molar refractivity (Wildman–Crippen MR) is 113 cm³/mol. The molecular formula is C23H22N2O5. The second-order valence-electron chi connectivity index (χ2n) is 6.39. The van der Waals surface area contributed by atoms with Crippen LogP contribution in [0, 0.1) is 6.92 Å². The van der Waals surface area contributed by atoms with E-state index in [4.69, 9.17) is 13.9 Å². The number of furan rings is 1. The lowest BCUT2D eigenvalue weighted by atomic mass is 10.1.